The number of unbranched alkanes of at least 4 members (excludes halogenated alkanes) is 2. The first-order valence-electron chi connectivity index (χ1n) is 24.0. The number of carbonyl (C=O) groups is 4. The van der Waals surface area contributed by atoms with E-state index in [1.54, 1.807) is 72.5 Å². The summed E-state index contributed by atoms with van der Waals surface area (Å²) in [5.74, 6) is -2.74. The maximum atomic E-state index is 13.8. The van der Waals surface area contributed by atoms with E-state index in [2.05, 4.69) is 10.0 Å². The summed E-state index contributed by atoms with van der Waals surface area (Å²) in [6, 6.07) is 43.8. The second-order valence-corrected chi connectivity index (χ2v) is 17.6. The number of carbonyl (C=O) groups excluding carboxylic acids is 4. The first kappa shape index (κ1) is 52.9. The molecular weight excluding hydrogens is 925 g/mol. The van der Waals surface area contributed by atoms with Crippen LogP contribution in [0.4, 0.5) is 4.79 Å². The van der Waals surface area contributed by atoms with Crippen molar-refractivity contribution >= 4 is 23.8 Å². The van der Waals surface area contributed by atoms with Gasteiger partial charge in [-0.05, 0) is 78.6 Å². The van der Waals surface area contributed by atoms with Crippen LogP contribution < -0.4 is 0 Å². The van der Waals surface area contributed by atoms with Crippen LogP contribution in [-0.4, -0.2) is 109 Å². The predicted molar refractivity (Wildman–Crippen MR) is 262 cm³/mol. The van der Waals surface area contributed by atoms with Gasteiger partial charge >= 0.3 is 18.0 Å². The molecule has 5 aromatic rings. The van der Waals surface area contributed by atoms with E-state index in [0.29, 0.717) is 32.4 Å². The van der Waals surface area contributed by atoms with Crippen molar-refractivity contribution < 1.29 is 62.2 Å². The van der Waals surface area contributed by atoms with Crippen molar-refractivity contribution in [3.05, 3.63) is 190 Å². The minimum absolute atomic E-state index is 0.0362. The molecule has 2 saturated heterocycles. The molecule has 17 heteroatoms. The molecule has 1 amide bonds. The zero-order valence-electron chi connectivity index (χ0n) is 40.2. The lowest BCUT2D eigenvalue weighted by molar-refractivity contribution is -0.337. The number of rotatable bonds is 23. The molecule has 2 aliphatic rings. The molecule has 0 bridgehead atoms. The van der Waals surface area contributed by atoms with E-state index in [1.807, 2.05) is 91.0 Å². The lowest BCUT2D eigenvalue weighted by atomic mass is 9.88. The van der Waals surface area contributed by atoms with Crippen molar-refractivity contribution in [3.8, 4) is 0 Å². The van der Waals surface area contributed by atoms with Gasteiger partial charge in [-0.3, -0.25) is 4.79 Å². The fourth-order valence-corrected chi connectivity index (χ4v) is 8.53. The number of Topliss-reactive ketones (excluding diaryl/α,β-unsaturated/α-hetero) is 1. The van der Waals surface area contributed by atoms with Gasteiger partial charge in [0.25, 0.3) is 0 Å². The van der Waals surface area contributed by atoms with Crippen LogP contribution in [0.15, 0.2) is 157 Å². The molecular formula is C55H60N4O13. The molecule has 2 fully saturated rings. The third-order valence-electron chi connectivity index (χ3n) is 12.4. The Morgan fingerprint density at radius 2 is 1.22 bits per heavy atom. The summed E-state index contributed by atoms with van der Waals surface area (Å²) in [7, 11) is 0. The molecule has 0 saturated carbocycles. The van der Waals surface area contributed by atoms with Crippen LogP contribution in [0.5, 0.6) is 0 Å². The fourth-order valence-electron chi connectivity index (χ4n) is 8.53. The summed E-state index contributed by atoms with van der Waals surface area (Å²) in [6.45, 7) is 3.66. The third kappa shape index (κ3) is 14.8. The largest absolute Gasteiger partial charge is 0.459 e. The van der Waals surface area contributed by atoms with Crippen LogP contribution >= 0.6 is 0 Å². The Morgan fingerprint density at radius 3 is 1.82 bits per heavy atom. The van der Waals surface area contributed by atoms with Crippen molar-refractivity contribution in [2.24, 2.45) is 11.0 Å². The first-order chi connectivity index (χ1) is 35.1. The van der Waals surface area contributed by atoms with Gasteiger partial charge in [-0.1, -0.05) is 139 Å². The van der Waals surface area contributed by atoms with E-state index in [1.165, 1.54) is 6.92 Å². The molecule has 0 radical (unpaired) electrons. The van der Waals surface area contributed by atoms with Gasteiger partial charge in [0.15, 0.2) is 24.5 Å². The Morgan fingerprint density at radius 1 is 0.653 bits per heavy atom. The molecule has 0 spiro atoms. The second-order valence-electron chi connectivity index (χ2n) is 17.6. The maximum absolute atomic E-state index is 13.8. The van der Waals surface area contributed by atoms with Gasteiger partial charge in [-0.25, -0.2) is 14.4 Å². The Hall–Kier alpha value is -6.95. The predicted octanol–water partition coefficient (Wildman–Crippen LogP) is 8.78. The molecule has 0 aromatic heterocycles. The van der Waals surface area contributed by atoms with Gasteiger partial charge in [0.05, 0.1) is 29.9 Å². The molecule has 0 aliphatic carbocycles. The Kier molecular flexibility index (Phi) is 19.8. The van der Waals surface area contributed by atoms with Crippen LogP contribution in [0.25, 0.3) is 10.4 Å². The van der Waals surface area contributed by atoms with Crippen molar-refractivity contribution in [1.29, 1.82) is 0 Å². The number of nitrogens with zero attached hydrogens (tertiary/aromatic N) is 4. The number of aliphatic hydroxyl groups excluding tert-OH is 1. The molecule has 7 rings (SSSR count). The number of ether oxygens (including phenoxy) is 8. The topological polar surface area (TPSA) is 214 Å². The molecule has 72 heavy (non-hydrogen) atoms. The summed E-state index contributed by atoms with van der Waals surface area (Å²) in [4.78, 5) is 58.4. The number of aliphatic hydroxyl groups is 1. The standard InChI is InChI=1S/C55H60N4O13/c1-37-45(57-58-56)53(65-32-20-8-19-31-59(33-39-21-9-3-10-22-39)55(64)68-35-41-25-13-5-14-26-41)69-44(36-67-51(62)42-27-15-6-16-28-42)47(37)71-54-50(70-52(63)43-29-17-7-18-30-43)49(46(61)48(72-54)38(2)60)66-34-40-23-11-4-12-24-40/h3-7,9-18,21-30,37,44-50,53-54,61H,8,19-20,31-36H2,1-2H3/t37-,44?,45?,46-,47+,48?,49-,50?,53-,54-/m1/s1. The van der Waals surface area contributed by atoms with E-state index in [4.69, 9.17) is 37.9 Å². The molecule has 17 nitrogen and oxygen atoms in total. The molecule has 2 heterocycles. The summed E-state index contributed by atoms with van der Waals surface area (Å²) in [5.41, 5.74) is 12.9. The van der Waals surface area contributed by atoms with Crippen molar-refractivity contribution in [3.63, 3.8) is 0 Å². The summed E-state index contributed by atoms with van der Waals surface area (Å²) >= 11 is 0. The van der Waals surface area contributed by atoms with Crippen LogP contribution in [0.3, 0.4) is 0 Å². The Bertz CT molecular complexity index is 2520. The zero-order valence-corrected chi connectivity index (χ0v) is 40.2. The highest BCUT2D eigenvalue weighted by Crippen LogP contribution is 2.37. The van der Waals surface area contributed by atoms with Gasteiger partial charge in [-0.2, -0.15) is 0 Å². The summed E-state index contributed by atoms with van der Waals surface area (Å²) < 4.78 is 49.6. The number of azide groups is 1. The molecule has 5 aromatic carbocycles. The fraction of sp³-hybridized carbons (Fsp3) is 0.382. The normalized spacial score (nSPS) is 23.7. The quantitative estimate of drug-likeness (QED) is 0.0162. The van der Waals surface area contributed by atoms with Crippen LogP contribution in [0.1, 0.15) is 70.5 Å². The third-order valence-corrected chi connectivity index (χ3v) is 12.4. The maximum Gasteiger partial charge on any atom is 0.410 e. The molecule has 378 valence electrons. The van der Waals surface area contributed by atoms with Crippen LogP contribution in [-0.2, 0) is 62.4 Å². The first-order valence-corrected chi connectivity index (χ1v) is 24.0. The van der Waals surface area contributed by atoms with Gasteiger partial charge in [0, 0.05) is 24.6 Å². The van der Waals surface area contributed by atoms with Crippen molar-refractivity contribution in [2.45, 2.75) is 108 Å². The number of benzene rings is 5. The van der Waals surface area contributed by atoms with E-state index in [0.717, 1.165) is 16.7 Å². The lowest BCUT2D eigenvalue weighted by Gasteiger charge is -2.48. The van der Waals surface area contributed by atoms with E-state index in [-0.39, 0.29) is 37.6 Å². The molecule has 2 aliphatic heterocycles. The van der Waals surface area contributed by atoms with E-state index in [9.17, 15) is 29.8 Å². The second kappa shape index (κ2) is 27.0. The number of hydrogen-bond acceptors (Lipinski definition) is 14. The van der Waals surface area contributed by atoms with Crippen molar-refractivity contribution in [2.75, 3.05) is 19.8 Å². The Balaban J connectivity index is 1.08. The van der Waals surface area contributed by atoms with Gasteiger partial charge < -0.3 is 47.9 Å². The number of hydrogen-bond donors (Lipinski definition) is 1. The monoisotopic (exact) mass is 984 g/mol. The zero-order chi connectivity index (χ0) is 50.7. The average Bonchev–Trinajstić information content (AvgIpc) is 3.41. The van der Waals surface area contributed by atoms with Gasteiger partial charge in [0.1, 0.15) is 37.6 Å². The Labute approximate surface area is 418 Å². The van der Waals surface area contributed by atoms with Crippen LogP contribution in [0, 0.1) is 5.92 Å². The van der Waals surface area contributed by atoms with Crippen LogP contribution in [0.2, 0.25) is 0 Å². The van der Waals surface area contributed by atoms with Gasteiger partial charge in [-0.15, -0.1) is 0 Å². The van der Waals surface area contributed by atoms with Gasteiger partial charge in [0.2, 0.25) is 0 Å². The number of ketones is 1. The number of amides is 1. The lowest BCUT2D eigenvalue weighted by Crippen LogP contribution is -2.64. The number of esters is 2. The minimum atomic E-state index is -1.60. The van der Waals surface area contributed by atoms with E-state index >= 15 is 0 Å². The highest BCUT2D eigenvalue weighted by molar-refractivity contribution is 5.90. The van der Waals surface area contributed by atoms with E-state index < -0.39 is 85.0 Å². The average molecular weight is 985 g/mol. The summed E-state index contributed by atoms with van der Waals surface area (Å²) in [6.07, 6.45) is -9.52. The molecule has 1 N–H and O–H groups in total. The summed E-state index contributed by atoms with van der Waals surface area (Å²) in [5, 5.41) is 15.8. The SMILES string of the molecule is CC(=O)C1O[C@@H](O[C@@H]2C(COC(=O)c3ccccc3)O[C@@H](OCCCCCN(Cc3ccccc3)C(=O)OCc3ccccc3)C(N=[N+]=[N-])[C@H]2C)C(OC(=O)c2ccccc2)[C@H](OCc2ccccc2)[C@@H]1O. The minimum Gasteiger partial charge on any atom is -0.459 e. The highest BCUT2D eigenvalue weighted by atomic mass is 16.7. The molecule has 10 atom stereocenters. The smallest absolute Gasteiger partial charge is 0.410 e. The molecule has 4 unspecified atom stereocenters. The van der Waals surface area contributed by atoms with Crippen molar-refractivity contribution in [1.82, 2.24) is 4.90 Å². The highest BCUT2D eigenvalue weighted by Gasteiger charge is 2.54.